The Kier molecular flexibility index (Phi) is 6.46. The van der Waals surface area contributed by atoms with Gasteiger partial charge < -0.3 is 10.1 Å². The Labute approximate surface area is 171 Å². The zero-order chi connectivity index (χ0) is 20.8. The average molecular weight is 410 g/mol. The lowest BCUT2D eigenvalue weighted by Gasteiger charge is -2.12. The molecule has 7 nitrogen and oxygen atoms in total. The maximum Gasteiger partial charge on any atom is 0.338 e. The lowest BCUT2D eigenvalue weighted by Crippen LogP contribution is -2.36. The molecule has 0 radical (unpaired) electrons. The fourth-order valence-corrected chi connectivity index (χ4v) is 3.42. The number of nitrogens with zero attached hydrogens (tertiary/aromatic N) is 1. The van der Waals surface area contributed by atoms with Crippen molar-refractivity contribution >= 4 is 46.5 Å². The summed E-state index contributed by atoms with van der Waals surface area (Å²) in [6, 6.07) is 15.3. The van der Waals surface area contributed by atoms with Crippen LogP contribution in [0, 0.1) is 0 Å². The van der Waals surface area contributed by atoms with Crippen LogP contribution in [0.4, 0.5) is 10.5 Å². The van der Waals surface area contributed by atoms with Gasteiger partial charge in [-0.25, -0.2) is 4.79 Å². The summed E-state index contributed by atoms with van der Waals surface area (Å²) in [5.74, 6) is -1.47. The van der Waals surface area contributed by atoms with Crippen molar-refractivity contribution in [1.82, 2.24) is 4.90 Å². The van der Waals surface area contributed by atoms with E-state index < -0.39 is 29.6 Å². The van der Waals surface area contributed by atoms with Crippen molar-refractivity contribution in [3.05, 3.63) is 70.6 Å². The van der Waals surface area contributed by atoms with E-state index in [1.165, 1.54) is 12.1 Å². The predicted octanol–water partition coefficient (Wildman–Crippen LogP) is 3.54. The largest absolute Gasteiger partial charge is 0.462 e. The maximum absolute atomic E-state index is 12.5. The summed E-state index contributed by atoms with van der Waals surface area (Å²) in [7, 11) is 0. The molecule has 0 atom stereocenters. The number of hydrogen-bond donors (Lipinski definition) is 1. The van der Waals surface area contributed by atoms with Crippen molar-refractivity contribution in [3.63, 3.8) is 0 Å². The fraction of sp³-hybridized carbons (Fsp3) is 0.143. The number of imide groups is 1. The van der Waals surface area contributed by atoms with E-state index in [1.54, 1.807) is 25.1 Å². The van der Waals surface area contributed by atoms with Crippen LogP contribution in [0.5, 0.6) is 0 Å². The molecule has 0 aromatic heterocycles. The van der Waals surface area contributed by atoms with Gasteiger partial charge in [0.15, 0.2) is 0 Å². The van der Waals surface area contributed by atoms with Crippen LogP contribution in [-0.4, -0.2) is 41.1 Å². The first kappa shape index (κ1) is 20.3. The number of ether oxygens (including phenoxy) is 1. The third kappa shape index (κ3) is 5.11. The Bertz CT molecular complexity index is 970. The number of carbonyl (C=O) groups excluding carboxylic acids is 4. The second-order valence-corrected chi connectivity index (χ2v) is 7.02. The van der Waals surface area contributed by atoms with Gasteiger partial charge >= 0.3 is 5.97 Å². The molecule has 1 N–H and O–H groups in total. The number of rotatable bonds is 6. The number of nitrogens with one attached hydrogen (secondary N) is 1. The minimum absolute atomic E-state index is 0.271. The van der Waals surface area contributed by atoms with Crippen molar-refractivity contribution in [2.45, 2.75) is 6.92 Å². The lowest BCUT2D eigenvalue weighted by atomic mass is 10.2. The number of hydrogen-bond acceptors (Lipinski definition) is 6. The molecule has 1 fully saturated rings. The van der Waals surface area contributed by atoms with E-state index >= 15 is 0 Å². The Morgan fingerprint density at radius 3 is 2.41 bits per heavy atom. The molecule has 1 aliphatic rings. The van der Waals surface area contributed by atoms with Crippen molar-refractivity contribution in [2.75, 3.05) is 18.5 Å². The van der Waals surface area contributed by atoms with E-state index in [9.17, 15) is 19.2 Å². The van der Waals surface area contributed by atoms with Crippen molar-refractivity contribution < 1.29 is 23.9 Å². The number of carbonyl (C=O) groups is 4. The van der Waals surface area contributed by atoms with Gasteiger partial charge in [0.05, 0.1) is 17.1 Å². The zero-order valence-electron chi connectivity index (χ0n) is 15.6. The Balaban J connectivity index is 1.62. The third-order valence-electron chi connectivity index (χ3n) is 3.95. The van der Waals surface area contributed by atoms with Gasteiger partial charge in [-0.1, -0.05) is 30.3 Å². The van der Waals surface area contributed by atoms with Crippen LogP contribution in [0.1, 0.15) is 22.8 Å². The zero-order valence-corrected chi connectivity index (χ0v) is 16.4. The molecule has 1 aliphatic heterocycles. The number of esters is 1. The van der Waals surface area contributed by atoms with Crippen LogP contribution in [0.15, 0.2) is 59.5 Å². The molecule has 0 aliphatic carbocycles. The number of benzene rings is 2. The topological polar surface area (TPSA) is 92.8 Å². The molecule has 3 rings (SSSR count). The van der Waals surface area contributed by atoms with Crippen LogP contribution < -0.4 is 5.32 Å². The third-order valence-corrected chi connectivity index (χ3v) is 4.86. The van der Waals surface area contributed by atoms with E-state index in [0.717, 1.165) is 22.2 Å². The first-order valence-corrected chi connectivity index (χ1v) is 9.67. The highest BCUT2D eigenvalue weighted by Gasteiger charge is 2.36. The molecule has 2 aromatic rings. The van der Waals surface area contributed by atoms with Gasteiger partial charge in [-0.3, -0.25) is 19.3 Å². The number of amides is 3. The molecular formula is C21H18N2O5S. The Hall–Kier alpha value is -3.39. The summed E-state index contributed by atoms with van der Waals surface area (Å²) in [6.45, 7) is 1.59. The van der Waals surface area contributed by atoms with Crippen molar-refractivity contribution in [1.29, 1.82) is 0 Å². The van der Waals surface area contributed by atoms with Crippen molar-refractivity contribution in [3.8, 4) is 0 Å². The molecule has 0 saturated carbocycles. The Morgan fingerprint density at radius 1 is 1.07 bits per heavy atom. The summed E-state index contributed by atoms with van der Waals surface area (Å²) >= 11 is 0.802. The highest BCUT2D eigenvalue weighted by Crippen LogP contribution is 2.32. The summed E-state index contributed by atoms with van der Waals surface area (Å²) in [4.78, 5) is 49.7. The number of thioether (sulfide) groups is 1. The maximum atomic E-state index is 12.5. The Morgan fingerprint density at radius 2 is 1.76 bits per heavy atom. The van der Waals surface area contributed by atoms with Gasteiger partial charge in [-0.2, -0.15) is 0 Å². The molecule has 1 saturated heterocycles. The van der Waals surface area contributed by atoms with Crippen LogP contribution in [0.25, 0.3) is 6.08 Å². The van der Waals surface area contributed by atoms with E-state index in [1.807, 2.05) is 30.3 Å². The first-order chi connectivity index (χ1) is 14.0. The van der Waals surface area contributed by atoms with E-state index in [2.05, 4.69) is 5.32 Å². The molecule has 0 unspecified atom stereocenters. The molecular weight excluding hydrogens is 392 g/mol. The molecule has 1 heterocycles. The second-order valence-electron chi connectivity index (χ2n) is 6.02. The normalized spacial score (nSPS) is 14.9. The quantitative estimate of drug-likeness (QED) is 0.578. The van der Waals surface area contributed by atoms with E-state index in [-0.39, 0.29) is 11.5 Å². The highest BCUT2D eigenvalue weighted by molar-refractivity contribution is 8.18. The minimum atomic E-state index is -0.517. The predicted molar refractivity (Wildman–Crippen MR) is 110 cm³/mol. The van der Waals surface area contributed by atoms with Crippen LogP contribution >= 0.6 is 11.8 Å². The van der Waals surface area contributed by atoms with Crippen LogP contribution in [-0.2, 0) is 14.3 Å². The van der Waals surface area contributed by atoms with Gasteiger partial charge in [0.2, 0.25) is 5.91 Å². The van der Waals surface area contributed by atoms with Gasteiger partial charge in [0.25, 0.3) is 11.1 Å². The smallest absolute Gasteiger partial charge is 0.338 e. The molecule has 8 heteroatoms. The molecule has 2 aromatic carbocycles. The average Bonchev–Trinajstić information content (AvgIpc) is 2.97. The van der Waals surface area contributed by atoms with Gasteiger partial charge in [0, 0.05) is 5.69 Å². The summed E-state index contributed by atoms with van der Waals surface area (Å²) < 4.78 is 4.90. The monoisotopic (exact) mass is 410 g/mol. The van der Waals surface area contributed by atoms with Gasteiger partial charge in [-0.05, 0) is 54.6 Å². The summed E-state index contributed by atoms with van der Waals surface area (Å²) in [5.41, 5.74) is 1.60. The molecule has 3 amide bonds. The summed E-state index contributed by atoms with van der Waals surface area (Å²) in [5, 5.41) is 2.11. The van der Waals surface area contributed by atoms with E-state index in [4.69, 9.17) is 4.74 Å². The molecule has 0 bridgehead atoms. The van der Waals surface area contributed by atoms with Gasteiger partial charge in [-0.15, -0.1) is 0 Å². The lowest BCUT2D eigenvalue weighted by molar-refractivity contribution is -0.127. The highest BCUT2D eigenvalue weighted by atomic mass is 32.2. The second kappa shape index (κ2) is 9.20. The first-order valence-electron chi connectivity index (χ1n) is 8.85. The van der Waals surface area contributed by atoms with Crippen LogP contribution in [0.2, 0.25) is 0 Å². The fourth-order valence-electron chi connectivity index (χ4n) is 2.59. The van der Waals surface area contributed by atoms with Gasteiger partial charge in [0.1, 0.15) is 6.54 Å². The van der Waals surface area contributed by atoms with Crippen molar-refractivity contribution in [2.24, 2.45) is 0 Å². The molecule has 29 heavy (non-hydrogen) atoms. The number of anilines is 1. The standard InChI is InChI=1S/C21H18N2O5S/c1-2-28-20(26)15-8-10-16(11-9-15)22-18(24)13-23-19(25)17(29-21(23)27)12-14-6-4-3-5-7-14/h3-12H,2,13H2,1H3,(H,22,24)/b17-12-. The summed E-state index contributed by atoms with van der Waals surface area (Å²) in [6.07, 6.45) is 1.62. The van der Waals surface area contributed by atoms with E-state index in [0.29, 0.717) is 11.3 Å². The SMILES string of the molecule is CCOC(=O)c1ccc(NC(=O)CN2C(=O)S/C(=C\c3ccccc3)C2=O)cc1. The molecule has 148 valence electrons. The minimum Gasteiger partial charge on any atom is -0.462 e. The van der Waals surface area contributed by atoms with Crippen LogP contribution in [0.3, 0.4) is 0 Å². The molecule has 0 spiro atoms.